The average molecular weight is 225 g/mol. The topological polar surface area (TPSA) is 3.24 Å². The SMILES string of the molecule is CCN(C(C)C)C1CCC(C)C(C(C)C)C1. The molecule has 1 aliphatic rings. The van der Waals surface area contributed by atoms with Crippen LogP contribution in [-0.2, 0) is 0 Å². The summed E-state index contributed by atoms with van der Waals surface area (Å²) in [6, 6.07) is 1.55. The van der Waals surface area contributed by atoms with Gasteiger partial charge in [-0.15, -0.1) is 0 Å². The summed E-state index contributed by atoms with van der Waals surface area (Å²) in [7, 11) is 0. The van der Waals surface area contributed by atoms with Crippen LogP contribution in [0.4, 0.5) is 0 Å². The highest BCUT2D eigenvalue weighted by atomic mass is 15.2. The van der Waals surface area contributed by atoms with Crippen LogP contribution in [0.1, 0.15) is 60.8 Å². The van der Waals surface area contributed by atoms with E-state index in [9.17, 15) is 0 Å². The summed E-state index contributed by atoms with van der Waals surface area (Å²) in [4.78, 5) is 2.70. The highest BCUT2D eigenvalue weighted by molar-refractivity contribution is 4.85. The summed E-state index contributed by atoms with van der Waals surface area (Å²) < 4.78 is 0. The first-order valence-electron chi connectivity index (χ1n) is 7.23. The molecule has 0 aromatic heterocycles. The van der Waals surface area contributed by atoms with Crippen molar-refractivity contribution >= 4 is 0 Å². The molecule has 0 N–H and O–H groups in total. The van der Waals surface area contributed by atoms with Crippen LogP contribution in [0.25, 0.3) is 0 Å². The molecule has 0 spiro atoms. The van der Waals surface area contributed by atoms with Crippen molar-refractivity contribution in [3.63, 3.8) is 0 Å². The van der Waals surface area contributed by atoms with E-state index in [1.54, 1.807) is 0 Å². The molecule has 3 unspecified atom stereocenters. The Morgan fingerprint density at radius 2 is 1.75 bits per heavy atom. The lowest BCUT2D eigenvalue weighted by Crippen LogP contribution is -2.45. The number of hydrogen-bond donors (Lipinski definition) is 0. The molecule has 0 amide bonds. The quantitative estimate of drug-likeness (QED) is 0.694. The fraction of sp³-hybridized carbons (Fsp3) is 1.00. The molecule has 0 aromatic rings. The van der Waals surface area contributed by atoms with Crippen LogP contribution in [0.2, 0.25) is 0 Å². The molecule has 0 aromatic carbocycles. The minimum Gasteiger partial charge on any atom is -0.298 e. The fourth-order valence-corrected chi connectivity index (χ4v) is 3.61. The third kappa shape index (κ3) is 3.23. The Morgan fingerprint density at radius 3 is 2.19 bits per heavy atom. The Morgan fingerprint density at radius 1 is 1.12 bits per heavy atom. The van der Waals surface area contributed by atoms with Gasteiger partial charge in [0.25, 0.3) is 0 Å². The van der Waals surface area contributed by atoms with E-state index in [1.165, 1.54) is 25.8 Å². The van der Waals surface area contributed by atoms with Crippen molar-refractivity contribution in [2.45, 2.75) is 72.9 Å². The first-order valence-corrected chi connectivity index (χ1v) is 7.23. The largest absolute Gasteiger partial charge is 0.298 e. The summed E-state index contributed by atoms with van der Waals surface area (Å²) in [5, 5.41) is 0. The third-order valence-corrected chi connectivity index (χ3v) is 4.58. The van der Waals surface area contributed by atoms with Crippen LogP contribution in [0.5, 0.6) is 0 Å². The van der Waals surface area contributed by atoms with E-state index >= 15 is 0 Å². The maximum Gasteiger partial charge on any atom is 0.0101 e. The molecule has 0 radical (unpaired) electrons. The molecule has 16 heavy (non-hydrogen) atoms. The van der Waals surface area contributed by atoms with E-state index < -0.39 is 0 Å². The second-order valence-electron chi connectivity index (χ2n) is 6.28. The predicted molar refractivity (Wildman–Crippen MR) is 72.6 cm³/mol. The van der Waals surface area contributed by atoms with Crippen molar-refractivity contribution in [3.05, 3.63) is 0 Å². The minimum atomic E-state index is 0.705. The van der Waals surface area contributed by atoms with Crippen molar-refractivity contribution in [2.24, 2.45) is 17.8 Å². The molecule has 0 heterocycles. The van der Waals surface area contributed by atoms with E-state index in [4.69, 9.17) is 0 Å². The van der Waals surface area contributed by atoms with Crippen LogP contribution in [0.15, 0.2) is 0 Å². The second-order valence-corrected chi connectivity index (χ2v) is 6.28. The Bertz CT molecular complexity index is 192. The van der Waals surface area contributed by atoms with E-state index in [2.05, 4.69) is 46.4 Å². The van der Waals surface area contributed by atoms with Gasteiger partial charge < -0.3 is 0 Å². The van der Waals surface area contributed by atoms with Gasteiger partial charge in [-0.05, 0) is 57.4 Å². The molecular weight excluding hydrogens is 194 g/mol. The zero-order valence-corrected chi connectivity index (χ0v) is 12.2. The molecule has 1 nitrogen and oxygen atoms in total. The van der Waals surface area contributed by atoms with Gasteiger partial charge in [0.1, 0.15) is 0 Å². The average Bonchev–Trinajstić information content (AvgIpc) is 2.20. The van der Waals surface area contributed by atoms with Gasteiger partial charge in [-0.3, -0.25) is 4.90 Å². The highest BCUT2D eigenvalue weighted by Gasteiger charge is 2.32. The van der Waals surface area contributed by atoms with Gasteiger partial charge in [-0.25, -0.2) is 0 Å². The van der Waals surface area contributed by atoms with Crippen molar-refractivity contribution in [1.82, 2.24) is 4.90 Å². The predicted octanol–water partition coefficient (Wildman–Crippen LogP) is 4.18. The van der Waals surface area contributed by atoms with Gasteiger partial charge in [0.2, 0.25) is 0 Å². The fourth-order valence-electron chi connectivity index (χ4n) is 3.61. The third-order valence-electron chi connectivity index (χ3n) is 4.58. The monoisotopic (exact) mass is 225 g/mol. The lowest BCUT2D eigenvalue weighted by Gasteiger charge is -2.43. The molecule has 3 atom stereocenters. The van der Waals surface area contributed by atoms with Crippen LogP contribution in [0, 0.1) is 17.8 Å². The van der Waals surface area contributed by atoms with Crippen LogP contribution in [0.3, 0.4) is 0 Å². The van der Waals surface area contributed by atoms with Gasteiger partial charge in [0, 0.05) is 12.1 Å². The molecule has 1 rings (SSSR count). The Balaban J connectivity index is 2.63. The maximum atomic E-state index is 2.70. The summed E-state index contributed by atoms with van der Waals surface area (Å²) in [6.45, 7) is 15.4. The molecule has 0 saturated heterocycles. The summed E-state index contributed by atoms with van der Waals surface area (Å²) in [5.74, 6) is 2.72. The zero-order chi connectivity index (χ0) is 12.3. The lowest BCUT2D eigenvalue weighted by molar-refractivity contribution is 0.0658. The molecule has 1 aliphatic carbocycles. The first-order chi connectivity index (χ1) is 7.47. The number of hydrogen-bond acceptors (Lipinski definition) is 1. The standard InChI is InChI=1S/C15H31N/c1-7-16(12(4)5)14-9-8-13(6)15(10-14)11(2)3/h11-15H,7-10H2,1-6H3. The van der Waals surface area contributed by atoms with E-state index in [-0.39, 0.29) is 0 Å². The van der Waals surface area contributed by atoms with Crippen molar-refractivity contribution in [2.75, 3.05) is 6.54 Å². The zero-order valence-electron chi connectivity index (χ0n) is 12.2. The van der Waals surface area contributed by atoms with Gasteiger partial charge in [0.05, 0.1) is 0 Å². The lowest BCUT2D eigenvalue weighted by atomic mass is 9.72. The molecule has 1 saturated carbocycles. The molecule has 1 fully saturated rings. The van der Waals surface area contributed by atoms with Crippen molar-refractivity contribution < 1.29 is 0 Å². The van der Waals surface area contributed by atoms with Gasteiger partial charge in [0.15, 0.2) is 0 Å². The van der Waals surface area contributed by atoms with Gasteiger partial charge in [-0.2, -0.15) is 0 Å². The Kier molecular flexibility index (Phi) is 5.30. The van der Waals surface area contributed by atoms with Gasteiger partial charge in [-0.1, -0.05) is 27.7 Å². The summed E-state index contributed by atoms with van der Waals surface area (Å²) >= 11 is 0. The molecule has 0 bridgehead atoms. The maximum absolute atomic E-state index is 2.70. The van der Waals surface area contributed by atoms with Crippen molar-refractivity contribution in [1.29, 1.82) is 0 Å². The highest BCUT2D eigenvalue weighted by Crippen LogP contribution is 2.37. The van der Waals surface area contributed by atoms with Crippen LogP contribution < -0.4 is 0 Å². The van der Waals surface area contributed by atoms with Crippen LogP contribution in [-0.4, -0.2) is 23.5 Å². The molecule has 0 aliphatic heterocycles. The summed E-state index contributed by atoms with van der Waals surface area (Å²) in [6.07, 6.45) is 4.26. The van der Waals surface area contributed by atoms with Gasteiger partial charge >= 0.3 is 0 Å². The molecule has 1 heteroatoms. The van der Waals surface area contributed by atoms with Crippen molar-refractivity contribution in [3.8, 4) is 0 Å². The Labute approximate surface area is 103 Å². The molecular formula is C15H31N. The molecule has 96 valence electrons. The van der Waals surface area contributed by atoms with E-state index in [1.807, 2.05) is 0 Å². The second kappa shape index (κ2) is 6.05. The summed E-state index contributed by atoms with van der Waals surface area (Å²) in [5.41, 5.74) is 0. The minimum absolute atomic E-state index is 0.705. The van der Waals surface area contributed by atoms with Crippen LogP contribution >= 0.6 is 0 Å². The smallest absolute Gasteiger partial charge is 0.0101 e. The Hall–Kier alpha value is -0.0400. The normalized spacial score (nSPS) is 31.7. The first kappa shape index (κ1) is 14.0. The number of rotatable bonds is 4. The van der Waals surface area contributed by atoms with E-state index in [0.717, 1.165) is 23.8 Å². The van der Waals surface area contributed by atoms with E-state index in [0.29, 0.717) is 6.04 Å². The number of nitrogens with zero attached hydrogens (tertiary/aromatic N) is 1.